The number of carbonyl (C=O) groups is 1. The van der Waals surface area contributed by atoms with E-state index in [2.05, 4.69) is 6.08 Å². The zero-order valence-corrected chi connectivity index (χ0v) is 17.5. The molecule has 1 aromatic rings. The standard InChI is InChI=1S/C22H29ClO5/c1-14(6-4-7-15(2)13-28-19-8-5-11-27-19)9-10-17-21(25)18(12-24)16(3)20(23)22(17)26/h7,9,12,19,25-26H,4-6,8,10-11,13H2,1-3H3. The van der Waals surface area contributed by atoms with Crippen LogP contribution in [0.25, 0.3) is 0 Å². The third-order valence-electron chi connectivity index (χ3n) is 4.96. The van der Waals surface area contributed by atoms with Crippen LogP contribution in [0.15, 0.2) is 23.3 Å². The fourth-order valence-corrected chi connectivity index (χ4v) is 3.32. The molecule has 0 aromatic heterocycles. The van der Waals surface area contributed by atoms with Gasteiger partial charge in [0.1, 0.15) is 11.5 Å². The smallest absolute Gasteiger partial charge is 0.158 e. The topological polar surface area (TPSA) is 76.0 Å². The number of aldehydes is 1. The molecule has 0 radical (unpaired) electrons. The molecule has 1 saturated heterocycles. The number of aromatic hydroxyl groups is 2. The highest BCUT2D eigenvalue weighted by atomic mass is 35.5. The zero-order valence-electron chi connectivity index (χ0n) is 16.8. The number of hydrogen-bond acceptors (Lipinski definition) is 5. The lowest BCUT2D eigenvalue weighted by molar-refractivity contribution is -0.103. The van der Waals surface area contributed by atoms with E-state index in [1.807, 2.05) is 19.9 Å². The van der Waals surface area contributed by atoms with Crippen molar-refractivity contribution in [2.45, 2.75) is 59.2 Å². The second-order valence-corrected chi connectivity index (χ2v) is 7.62. The summed E-state index contributed by atoms with van der Waals surface area (Å²) in [5, 5.41) is 20.6. The van der Waals surface area contributed by atoms with Gasteiger partial charge in [0, 0.05) is 18.6 Å². The second-order valence-electron chi connectivity index (χ2n) is 7.24. The molecule has 0 amide bonds. The van der Waals surface area contributed by atoms with Gasteiger partial charge < -0.3 is 19.7 Å². The zero-order chi connectivity index (χ0) is 20.7. The van der Waals surface area contributed by atoms with Crippen molar-refractivity contribution in [2.75, 3.05) is 13.2 Å². The van der Waals surface area contributed by atoms with Gasteiger partial charge in [-0.2, -0.15) is 0 Å². The number of rotatable bonds is 9. The maximum atomic E-state index is 11.2. The quantitative estimate of drug-likeness (QED) is 0.431. The van der Waals surface area contributed by atoms with Gasteiger partial charge in [0.05, 0.1) is 17.2 Å². The summed E-state index contributed by atoms with van der Waals surface area (Å²) >= 11 is 6.08. The van der Waals surface area contributed by atoms with E-state index in [0.717, 1.165) is 37.9 Å². The summed E-state index contributed by atoms with van der Waals surface area (Å²) in [6.07, 6.45) is 8.61. The van der Waals surface area contributed by atoms with Crippen molar-refractivity contribution in [2.24, 2.45) is 0 Å². The molecule has 1 aromatic carbocycles. The van der Waals surface area contributed by atoms with Crippen LogP contribution in [0.4, 0.5) is 0 Å². The van der Waals surface area contributed by atoms with E-state index in [1.54, 1.807) is 6.92 Å². The van der Waals surface area contributed by atoms with Crippen molar-refractivity contribution in [3.8, 4) is 11.5 Å². The van der Waals surface area contributed by atoms with E-state index < -0.39 is 0 Å². The molecule has 1 atom stereocenters. The number of allylic oxidation sites excluding steroid dienone is 3. The van der Waals surface area contributed by atoms with E-state index >= 15 is 0 Å². The van der Waals surface area contributed by atoms with Crippen molar-refractivity contribution < 1.29 is 24.5 Å². The molecule has 1 fully saturated rings. The first kappa shape index (κ1) is 22.5. The summed E-state index contributed by atoms with van der Waals surface area (Å²) in [6.45, 7) is 6.98. The van der Waals surface area contributed by atoms with Gasteiger partial charge in [-0.1, -0.05) is 34.9 Å². The second kappa shape index (κ2) is 10.6. The molecule has 6 heteroatoms. The van der Waals surface area contributed by atoms with Gasteiger partial charge in [-0.3, -0.25) is 4.79 Å². The molecule has 0 saturated carbocycles. The molecular weight excluding hydrogens is 380 g/mol. The van der Waals surface area contributed by atoms with Gasteiger partial charge >= 0.3 is 0 Å². The Morgan fingerprint density at radius 1 is 1.25 bits per heavy atom. The van der Waals surface area contributed by atoms with Crippen molar-refractivity contribution in [3.05, 3.63) is 45.0 Å². The van der Waals surface area contributed by atoms with Crippen molar-refractivity contribution in [1.29, 1.82) is 0 Å². The third kappa shape index (κ3) is 5.84. The molecule has 1 unspecified atom stereocenters. The monoisotopic (exact) mass is 408 g/mol. The Morgan fingerprint density at radius 2 is 2.00 bits per heavy atom. The lowest BCUT2D eigenvalue weighted by Gasteiger charge is -2.13. The first-order valence-corrected chi connectivity index (χ1v) is 9.95. The Balaban J connectivity index is 1.91. The number of phenolic OH excluding ortho intramolecular Hbond substituents is 2. The number of benzene rings is 1. The van der Waals surface area contributed by atoms with Gasteiger partial charge in [0.2, 0.25) is 0 Å². The predicted molar refractivity (Wildman–Crippen MR) is 110 cm³/mol. The normalized spacial score (nSPS) is 17.9. The van der Waals surface area contributed by atoms with Gasteiger partial charge in [-0.15, -0.1) is 0 Å². The Hall–Kier alpha value is -1.82. The summed E-state index contributed by atoms with van der Waals surface area (Å²) in [4.78, 5) is 11.2. The number of phenols is 2. The number of ether oxygens (including phenoxy) is 2. The molecule has 1 heterocycles. The molecule has 28 heavy (non-hydrogen) atoms. The fourth-order valence-electron chi connectivity index (χ4n) is 3.11. The van der Waals surface area contributed by atoms with E-state index in [0.29, 0.717) is 24.9 Å². The third-order valence-corrected chi connectivity index (χ3v) is 5.42. The predicted octanol–water partition coefficient (Wildman–Crippen LogP) is 5.24. The van der Waals surface area contributed by atoms with Crippen LogP contribution in [0.1, 0.15) is 61.0 Å². The number of hydrogen-bond donors (Lipinski definition) is 2. The average molecular weight is 409 g/mol. The van der Waals surface area contributed by atoms with Gasteiger partial charge in [0.25, 0.3) is 0 Å². The average Bonchev–Trinajstić information content (AvgIpc) is 3.19. The van der Waals surface area contributed by atoms with Crippen LogP contribution in [0.5, 0.6) is 11.5 Å². The summed E-state index contributed by atoms with van der Waals surface area (Å²) in [6, 6.07) is 0. The molecule has 0 bridgehead atoms. The van der Waals surface area contributed by atoms with Gasteiger partial charge in [0.15, 0.2) is 12.6 Å². The first-order valence-electron chi connectivity index (χ1n) is 9.57. The molecular formula is C22H29ClO5. The summed E-state index contributed by atoms with van der Waals surface area (Å²) < 4.78 is 11.1. The minimum Gasteiger partial charge on any atom is -0.507 e. The minimum absolute atomic E-state index is 0.0667. The van der Waals surface area contributed by atoms with E-state index in [-0.39, 0.29) is 33.9 Å². The summed E-state index contributed by atoms with van der Waals surface area (Å²) in [7, 11) is 0. The van der Waals surface area contributed by atoms with Crippen molar-refractivity contribution in [1.82, 2.24) is 0 Å². The molecule has 154 valence electrons. The maximum Gasteiger partial charge on any atom is 0.158 e. The molecule has 1 aliphatic rings. The largest absolute Gasteiger partial charge is 0.507 e. The van der Waals surface area contributed by atoms with Crippen LogP contribution in [0.2, 0.25) is 5.02 Å². The molecule has 0 aliphatic carbocycles. The van der Waals surface area contributed by atoms with E-state index in [4.69, 9.17) is 21.1 Å². The Kier molecular flexibility index (Phi) is 8.55. The molecule has 5 nitrogen and oxygen atoms in total. The van der Waals surface area contributed by atoms with Crippen LogP contribution < -0.4 is 0 Å². The lowest BCUT2D eigenvalue weighted by atomic mass is 9.99. The number of halogens is 1. The molecule has 2 rings (SSSR count). The van der Waals surface area contributed by atoms with E-state index in [1.165, 1.54) is 5.57 Å². The Morgan fingerprint density at radius 3 is 2.64 bits per heavy atom. The van der Waals surface area contributed by atoms with Crippen LogP contribution in [0, 0.1) is 6.92 Å². The first-order chi connectivity index (χ1) is 13.3. The molecule has 1 aliphatic heterocycles. The summed E-state index contributed by atoms with van der Waals surface area (Å²) in [5.41, 5.74) is 3.05. The lowest BCUT2D eigenvalue weighted by Crippen LogP contribution is -2.11. The Bertz CT molecular complexity index is 761. The maximum absolute atomic E-state index is 11.2. The highest BCUT2D eigenvalue weighted by Crippen LogP contribution is 2.40. The molecule has 2 N–H and O–H groups in total. The fraction of sp³-hybridized carbons (Fsp3) is 0.500. The Labute approximate surface area is 171 Å². The SMILES string of the molecule is CC(=CCc1c(O)c(Cl)c(C)c(C=O)c1O)CCC=C(C)COC1CCCO1. The molecule has 0 spiro atoms. The van der Waals surface area contributed by atoms with Crippen LogP contribution in [-0.4, -0.2) is 36.0 Å². The summed E-state index contributed by atoms with van der Waals surface area (Å²) in [5.74, 6) is -0.381. The van der Waals surface area contributed by atoms with Gasteiger partial charge in [-0.25, -0.2) is 0 Å². The highest BCUT2D eigenvalue weighted by molar-refractivity contribution is 6.33. The van der Waals surface area contributed by atoms with Crippen LogP contribution >= 0.6 is 11.6 Å². The minimum atomic E-state index is -0.208. The van der Waals surface area contributed by atoms with Gasteiger partial charge in [-0.05, 0) is 52.0 Å². The van der Waals surface area contributed by atoms with E-state index in [9.17, 15) is 15.0 Å². The van der Waals surface area contributed by atoms with Crippen LogP contribution in [0.3, 0.4) is 0 Å². The van der Waals surface area contributed by atoms with Crippen LogP contribution in [-0.2, 0) is 15.9 Å². The highest BCUT2D eigenvalue weighted by Gasteiger charge is 2.19. The number of carbonyl (C=O) groups excluding carboxylic acids is 1. The van der Waals surface area contributed by atoms with Crippen molar-refractivity contribution in [3.63, 3.8) is 0 Å². The van der Waals surface area contributed by atoms with Crippen molar-refractivity contribution >= 4 is 17.9 Å².